The molecule has 0 amide bonds. The molecule has 27 heavy (non-hydrogen) atoms. The minimum Gasteiger partial charge on any atom is -1.00 e. The molecule has 2 aromatic rings. The molecule has 1 atom stereocenters. The number of hydrogen-bond donors (Lipinski definition) is 4. The van der Waals surface area contributed by atoms with Crippen LogP contribution in [-0.2, 0) is 24.8 Å². The second kappa shape index (κ2) is 8.70. The molecule has 144 valence electrons. The predicted octanol–water partition coefficient (Wildman–Crippen LogP) is -1.50. The van der Waals surface area contributed by atoms with Gasteiger partial charge < -0.3 is 5.95 Å². The Labute approximate surface area is 178 Å². The van der Waals surface area contributed by atoms with Crippen LogP contribution in [0.4, 0.5) is 0 Å². The van der Waals surface area contributed by atoms with Gasteiger partial charge in [-0.05, 0) is 17.7 Å². The van der Waals surface area contributed by atoms with Crippen LogP contribution < -0.4 is 34.1 Å². The third kappa shape index (κ3) is 6.36. The zero-order chi connectivity index (χ0) is 19.8. The van der Waals surface area contributed by atoms with Crippen molar-refractivity contribution in [3.8, 4) is 5.75 Å². The van der Waals surface area contributed by atoms with Crippen molar-refractivity contribution < 1.29 is 75.8 Å². The Hall–Kier alpha value is -0.790. The van der Waals surface area contributed by atoms with E-state index >= 15 is 0 Å². The smallest absolute Gasteiger partial charge is 1.00 e. The average Bonchev–Trinajstić information content (AvgIpc) is 2.46. The van der Waals surface area contributed by atoms with Gasteiger partial charge in [0.25, 0.3) is 20.2 Å². The third-order valence-corrected chi connectivity index (χ3v) is 5.66. The maximum Gasteiger partial charge on any atom is 1.00 e. The summed E-state index contributed by atoms with van der Waals surface area (Å²) < 4.78 is 81.5. The van der Waals surface area contributed by atoms with E-state index in [-0.39, 0.29) is 31.0 Å². The minimum absolute atomic E-state index is 0. The second-order valence-electron chi connectivity index (χ2n) is 5.03. The summed E-state index contributed by atoms with van der Waals surface area (Å²) >= 11 is 0. The summed E-state index contributed by atoms with van der Waals surface area (Å²) in [6.45, 7) is 0. The van der Waals surface area contributed by atoms with Crippen LogP contribution in [0.3, 0.4) is 0 Å². The molecule has 10 nitrogen and oxygen atoms in total. The van der Waals surface area contributed by atoms with E-state index in [1.165, 1.54) is 24.3 Å². The molecule has 0 saturated heterocycles. The first-order valence-corrected chi connectivity index (χ1v) is 11.1. The topological polar surface area (TPSA) is 176 Å². The zero-order valence-electron chi connectivity index (χ0n) is 14.7. The number of phosphoric ester groups is 1. The maximum atomic E-state index is 12.0. The van der Waals surface area contributed by atoms with Gasteiger partial charge in [0.1, 0.15) is 11.0 Å². The fourth-order valence-electron chi connectivity index (χ4n) is 2.33. The molecule has 2 aromatic carbocycles. The molecule has 4 N–H and O–H groups in total. The summed E-state index contributed by atoms with van der Waals surface area (Å²) in [6, 6.07) is 9.08. The van der Waals surface area contributed by atoms with E-state index in [1.54, 1.807) is 0 Å². The van der Waals surface area contributed by atoms with Crippen molar-refractivity contribution in [1.82, 2.24) is 0 Å². The van der Waals surface area contributed by atoms with Crippen LogP contribution in [-0.4, -0.2) is 35.7 Å². The van der Waals surface area contributed by atoms with Gasteiger partial charge in [-0.15, -0.1) is 0 Å². The minimum atomic E-state index is -5.09. The van der Waals surface area contributed by atoms with Crippen LogP contribution in [0, 0.1) is 0 Å². The molecule has 0 fully saturated rings. The molecule has 0 bridgehead atoms. The van der Waals surface area contributed by atoms with Crippen molar-refractivity contribution in [1.29, 1.82) is 0 Å². The Kier molecular flexibility index (Phi) is 7.81. The van der Waals surface area contributed by atoms with Crippen molar-refractivity contribution in [2.75, 3.05) is 0 Å². The first-order chi connectivity index (χ1) is 11.8. The van der Waals surface area contributed by atoms with Gasteiger partial charge in [0.15, 0.2) is 0 Å². The third-order valence-electron chi connectivity index (χ3n) is 3.20. The first kappa shape index (κ1) is 24.2. The zero-order valence-corrected chi connectivity index (χ0v) is 18.2. The van der Waals surface area contributed by atoms with Crippen LogP contribution in [0.5, 0.6) is 5.75 Å². The van der Waals surface area contributed by atoms with Crippen LogP contribution in [0.25, 0.3) is 0 Å². The standard InChI is InChI=1S/C13H13O10PS2.Na.H/c14-24(15,16)23-11-7-3-1-5-9(11)13(26(20,21)22)10-6-2-4-8-12(10)25(17,18)19;;/h1-8,13H,(H2,14,15,16)(H,17,18,19)(H,20,21,22);;/q;+1;-1. The van der Waals surface area contributed by atoms with Crippen molar-refractivity contribution in [2.24, 2.45) is 0 Å². The summed E-state index contributed by atoms with van der Waals surface area (Å²) in [6.07, 6.45) is 0. The van der Waals surface area contributed by atoms with Crippen molar-refractivity contribution in [3.05, 3.63) is 59.7 Å². The molecule has 0 heterocycles. The Balaban J connectivity index is 0.00000364. The first-order valence-electron chi connectivity index (χ1n) is 6.67. The SMILES string of the molecule is O=P(O)(O)Oc1ccccc1C(c1ccccc1S(=O)(=O)O)S(=O)(=O)O.[H-].[Na+]. The molecule has 0 spiro atoms. The molecule has 1 unspecified atom stereocenters. The summed E-state index contributed by atoms with van der Waals surface area (Å²) in [5, 5.41) is -2.09. The fourth-order valence-corrected chi connectivity index (χ4v) is 4.60. The van der Waals surface area contributed by atoms with Gasteiger partial charge >= 0.3 is 37.4 Å². The number of phosphoric acid groups is 1. The normalized spacial score (nSPS) is 13.5. The van der Waals surface area contributed by atoms with Gasteiger partial charge in [0.05, 0.1) is 4.90 Å². The van der Waals surface area contributed by atoms with Gasteiger partial charge in [-0.25, -0.2) is 4.57 Å². The second-order valence-corrected chi connectivity index (χ2v) is 9.08. The van der Waals surface area contributed by atoms with Gasteiger partial charge in [-0.1, -0.05) is 36.4 Å². The molecule has 0 aromatic heterocycles. The number of rotatable bonds is 6. The summed E-state index contributed by atoms with van der Waals surface area (Å²) in [5.41, 5.74) is -0.964. The van der Waals surface area contributed by atoms with E-state index in [4.69, 9.17) is 9.79 Å². The van der Waals surface area contributed by atoms with E-state index in [0.717, 1.165) is 24.3 Å². The number of para-hydroxylation sites is 1. The van der Waals surface area contributed by atoms with E-state index in [2.05, 4.69) is 4.52 Å². The van der Waals surface area contributed by atoms with E-state index in [0.29, 0.717) is 0 Å². The summed E-state index contributed by atoms with van der Waals surface area (Å²) in [5.74, 6) is -0.589. The van der Waals surface area contributed by atoms with Crippen LogP contribution in [0.15, 0.2) is 53.4 Å². The molecule has 2 rings (SSSR count). The summed E-state index contributed by atoms with van der Waals surface area (Å²) in [7, 11) is -15.0. The van der Waals surface area contributed by atoms with Gasteiger partial charge in [-0.3, -0.25) is 18.9 Å². The molecule has 14 heteroatoms. The van der Waals surface area contributed by atoms with Gasteiger partial charge in [0, 0.05) is 5.56 Å². The van der Waals surface area contributed by atoms with E-state index < -0.39 is 55.1 Å². The van der Waals surface area contributed by atoms with Crippen LogP contribution in [0.1, 0.15) is 17.8 Å². The molecule has 0 aliphatic heterocycles. The Morgan fingerprint density at radius 1 is 0.889 bits per heavy atom. The average molecular weight is 448 g/mol. The van der Waals surface area contributed by atoms with Gasteiger partial charge in [-0.2, -0.15) is 16.8 Å². The monoisotopic (exact) mass is 448 g/mol. The molecule has 0 aliphatic carbocycles. The molecule has 0 radical (unpaired) electrons. The van der Waals surface area contributed by atoms with E-state index in [1.807, 2.05) is 0 Å². The largest absolute Gasteiger partial charge is 1.00 e. The molecule has 0 saturated carbocycles. The maximum absolute atomic E-state index is 12.0. The Morgan fingerprint density at radius 3 is 1.85 bits per heavy atom. The molecule has 0 aliphatic rings. The van der Waals surface area contributed by atoms with Crippen LogP contribution in [0.2, 0.25) is 0 Å². The quantitative estimate of drug-likeness (QED) is 0.231. The predicted molar refractivity (Wildman–Crippen MR) is 89.9 cm³/mol. The molecular formula is C13H14NaO10PS2. The number of benzene rings is 2. The Morgan fingerprint density at radius 2 is 1.37 bits per heavy atom. The van der Waals surface area contributed by atoms with Crippen molar-refractivity contribution >= 4 is 28.1 Å². The van der Waals surface area contributed by atoms with Crippen molar-refractivity contribution in [2.45, 2.75) is 10.1 Å². The number of hydrogen-bond acceptors (Lipinski definition) is 6. The fraction of sp³-hybridized carbons (Fsp3) is 0.0769. The Bertz CT molecular complexity index is 1080. The summed E-state index contributed by atoms with van der Waals surface area (Å²) in [4.78, 5) is 17.2. The van der Waals surface area contributed by atoms with Crippen molar-refractivity contribution in [3.63, 3.8) is 0 Å². The molecular weight excluding hydrogens is 434 g/mol. The van der Waals surface area contributed by atoms with E-state index in [9.17, 15) is 30.5 Å². The van der Waals surface area contributed by atoms with Crippen LogP contribution >= 0.6 is 7.82 Å². The van der Waals surface area contributed by atoms with Gasteiger partial charge in [0.2, 0.25) is 0 Å².